The van der Waals surface area contributed by atoms with Gasteiger partial charge in [0.1, 0.15) is 0 Å². The average molecular weight is 399 g/mol. The molecule has 3 unspecified atom stereocenters. The van der Waals surface area contributed by atoms with Crippen molar-refractivity contribution in [3.63, 3.8) is 0 Å². The van der Waals surface area contributed by atoms with Gasteiger partial charge >= 0.3 is 0 Å². The summed E-state index contributed by atoms with van der Waals surface area (Å²) in [6.07, 6.45) is 10.1. The van der Waals surface area contributed by atoms with E-state index in [1.165, 1.54) is 6.42 Å². The molecule has 3 N–H and O–H groups in total. The van der Waals surface area contributed by atoms with Crippen molar-refractivity contribution >= 4 is 17.3 Å². The third-order valence-electron chi connectivity index (χ3n) is 8.26. The molecular weight excluding hydrogens is 368 g/mol. The van der Waals surface area contributed by atoms with Crippen LogP contribution in [0.25, 0.3) is 0 Å². The van der Waals surface area contributed by atoms with Crippen molar-refractivity contribution in [1.82, 2.24) is 0 Å². The number of nitrogen functional groups attached to an aromatic ring is 1. The van der Waals surface area contributed by atoms with E-state index in [4.69, 9.17) is 20.2 Å². The predicted molar refractivity (Wildman–Crippen MR) is 107 cm³/mol. The molecule has 7 rings (SSSR count). The standard InChI is InChI=1S/C23H30N2O4/c24-18-4-6-19(7-5-18)25-20(26)21-12-15-10-16(13-21)23(17(11-15)14-21)27-22(28-29-23)8-2-1-3-9-22/h4-7,15-17H,1-3,8-14,24H2,(H,25,26)/t15?,16-,17+,21?,23?. The molecule has 1 aliphatic heterocycles. The van der Waals surface area contributed by atoms with Crippen molar-refractivity contribution in [3.8, 4) is 0 Å². The van der Waals surface area contributed by atoms with E-state index in [-0.39, 0.29) is 23.2 Å². The van der Waals surface area contributed by atoms with Crippen molar-refractivity contribution in [2.75, 3.05) is 11.1 Å². The maximum atomic E-state index is 13.4. The second kappa shape index (κ2) is 6.19. The number of nitrogens with one attached hydrogen (secondary N) is 1. The van der Waals surface area contributed by atoms with Crippen LogP contribution in [-0.2, 0) is 19.3 Å². The Kier molecular flexibility index (Phi) is 3.88. The van der Waals surface area contributed by atoms with E-state index in [1.54, 1.807) is 0 Å². The molecule has 1 aromatic carbocycles. The van der Waals surface area contributed by atoms with Crippen molar-refractivity contribution in [2.24, 2.45) is 23.2 Å². The number of amides is 1. The van der Waals surface area contributed by atoms with E-state index in [9.17, 15) is 4.79 Å². The van der Waals surface area contributed by atoms with Gasteiger partial charge in [0.2, 0.25) is 17.5 Å². The topological polar surface area (TPSA) is 82.8 Å². The summed E-state index contributed by atoms with van der Waals surface area (Å²) in [6, 6.07) is 7.40. The van der Waals surface area contributed by atoms with Crippen molar-refractivity contribution < 1.29 is 19.3 Å². The number of carbonyl (C=O) groups excluding carboxylic acids is 1. The van der Waals surface area contributed by atoms with Gasteiger partial charge in [-0.2, -0.15) is 9.78 Å². The molecule has 0 aromatic heterocycles. The Balaban J connectivity index is 1.24. The normalized spacial score (nSPS) is 41.9. The summed E-state index contributed by atoms with van der Waals surface area (Å²) >= 11 is 0. The van der Waals surface area contributed by atoms with Crippen LogP contribution in [0.3, 0.4) is 0 Å². The van der Waals surface area contributed by atoms with Gasteiger partial charge in [-0.3, -0.25) is 4.79 Å². The quantitative estimate of drug-likeness (QED) is 0.571. The molecule has 1 amide bonds. The molecule has 5 saturated carbocycles. The molecule has 6 fully saturated rings. The van der Waals surface area contributed by atoms with Gasteiger partial charge in [0.25, 0.3) is 0 Å². The second-order valence-corrected chi connectivity index (χ2v) is 10.2. The van der Waals surface area contributed by atoms with Gasteiger partial charge < -0.3 is 15.8 Å². The molecule has 2 spiro atoms. The largest absolute Gasteiger partial charge is 0.399 e. The number of rotatable bonds is 2. The Labute approximate surface area is 171 Å². The number of anilines is 2. The number of benzene rings is 1. The highest BCUT2D eigenvalue weighted by Gasteiger charge is 2.70. The molecule has 29 heavy (non-hydrogen) atoms. The van der Waals surface area contributed by atoms with E-state index in [1.807, 2.05) is 24.3 Å². The van der Waals surface area contributed by atoms with Crippen molar-refractivity contribution in [3.05, 3.63) is 24.3 Å². The number of hydrogen-bond acceptors (Lipinski definition) is 5. The third-order valence-corrected chi connectivity index (χ3v) is 8.26. The highest BCUT2D eigenvalue weighted by atomic mass is 17.3. The number of hydrogen-bond donors (Lipinski definition) is 2. The molecule has 4 bridgehead atoms. The van der Waals surface area contributed by atoms with Crippen LogP contribution >= 0.6 is 0 Å². The SMILES string of the molecule is Nc1ccc(NC(=O)C23CC4C[C@H](C2)C2(OOC5(CCCCC5)O2)[C@@H](C4)C3)cc1. The lowest BCUT2D eigenvalue weighted by Crippen LogP contribution is -2.64. The highest BCUT2D eigenvalue weighted by molar-refractivity contribution is 5.95. The summed E-state index contributed by atoms with van der Waals surface area (Å²) in [7, 11) is 0. The predicted octanol–water partition coefficient (Wildman–Crippen LogP) is 4.37. The second-order valence-electron chi connectivity index (χ2n) is 10.2. The van der Waals surface area contributed by atoms with E-state index in [0.717, 1.165) is 63.5 Å². The van der Waals surface area contributed by atoms with E-state index in [0.29, 0.717) is 11.6 Å². The zero-order valence-corrected chi connectivity index (χ0v) is 16.8. The first-order valence-corrected chi connectivity index (χ1v) is 11.3. The monoisotopic (exact) mass is 398 g/mol. The fraction of sp³-hybridized carbons (Fsp3) is 0.696. The summed E-state index contributed by atoms with van der Waals surface area (Å²) in [5.41, 5.74) is 6.97. The molecule has 156 valence electrons. The molecule has 6 heteroatoms. The maximum Gasteiger partial charge on any atom is 0.230 e. The smallest absolute Gasteiger partial charge is 0.230 e. The van der Waals surface area contributed by atoms with Gasteiger partial charge in [-0.1, -0.05) is 6.42 Å². The Morgan fingerprint density at radius 3 is 2.34 bits per heavy atom. The minimum Gasteiger partial charge on any atom is -0.399 e. The van der Waals surface area contributed by atoms with Crippen LogP contribution in [0.15, 0.2) is 24.3 Å². The Morgan fingerprint density at radius 1 is 0.966 bits per heavy atom. The van der Waals surface area contributed by atoms with Gasteiger partial charge in [0.15, 0.2) is 0 Å². The van der Waals surface area contributed by atoms with Crippen LogP contribution < -0.4 is 11.1 Å². The molecule has 0 radical (unpaired) electrons. The fourth-order valence-corrected chi connectivity index (χ4v) is 7.08. The summed E-state index contributed by atoms with van der Waals surface area (Å²) in [4.78, 5) is 25.4. The first-order valence-electron chi connectivity index (χ1n) is 11.3. The molecule has 1 heterocycles. The van der Waals surface area contributed by atoms with Crippen LogP contribution in [0, 0.1) is 23.2 Å². The Hall–Kier alpha value is -1.63. The van der Waals surface area contributed by atoms with Crippen molar-refractivity contribution in [1.29, 1.82) is 0 Å². The van der Waals surface area contributed by atoms with Crippen LogP contribution in [0.4, 0.5) is 11.4 Å². The van der Waals surface area contributed by atoms with Gasteiger partial charge in [0, 0.05) is 36.1 Å². The minimum atomic E-state index is -0.640. The first kappa shape index (κ1) is 18.2. The van der Waals surface area contributed by atoms with E-state index >= 15 is 0 Å². The fourth-order valence-electron chi connectivity index (χ4n) is 7.08. The summed E-state index contributed by atoms with van der Waals surface area (Å²) < 4.78 is 6.72. The third kappa shape index (κ3) is 2.69. The lowest BCUT2D eigenvalue weighted by atomic mass is 9.47. The van der Waals surface area contributed by atoms with E-state index in [2.05, 4.69) is 5.32 Å². The molecule has 6 nitrogen and oxygen atoms in total. The summed E-state index contributed by atoms with van der Waals surface area (Å²) in [6.45, 7) is 0. The maximum absolute atomic E-state index is 13.4. The Morgan fingerprint density at radius 2 is 1.66 bits per heavy atom. The number of carbonyl (C=O) groups is 1. The van der Waals surface area contributed by atoms with Gasteiger partial charge in [-0.05, 0) is 75.1 Å². The zero-order valence-electron chi connectivity index (χ0n) is 16.8. The molecule has 1 saturated heterocycles. The van der Waals surface area contributed by atoms with Crippen LogP contribution in [-0.4, -0.2) is 17.5 Å². The first-order chi connectivity index (χ1) is 14.0. The van der Waals surface area contributed by atoms with Gasteiger partial charge in [0.05, 0.1) is 5.41 Å². The molecule has 6 aliphatic rings. The van der Waals surface area contributed by atoms with Gasteiger partial charge in [-0.15, -0.1) is 0 Å². The molecule has 1 aromatic rings. The minimum absolute atomic E-state index is 0.141. The lowest BCUT2D eigenvalue weighted by Gasteiger charge is -2.61. The van der Waals surface area contributed by atoms with Gasteiger partial charge in [-0.25, -0.2) is 0 Å². The molecular formula is C23H30N2O4. The highest BCUT2D eigenvalue weighted by Crippen LogP contribution is 2.67. The zero-order chi connectivity index (χ0) is 19.7. The number of nitrogens with two attached hydrogens (primary N) is 1. The van der Waals surface area contributed by atoms with Crippen molar-refractivity contribution in [2.45, 2.75) is 75.8 Å². The average Bonchev–Trinajstić information content (AvgIpc) is 3.08. The summed E-state index contributed by atoms with van der Waals surface area (Å²) in [5, 5.41) is 3.15. The lowest BCUT2D eigenvalue weighted by molar-refractivity contribution is -0.393. The summed E-state index contributed by atoms with van der Waals surface area (Å²) in [5.74, 6) is -0.0145. The van der Waals surface area contributed by atoms with Crippen LogP contribution in [0.5, 0.6) is 0 Å². The van der Waals surface area contributed by atoms with Crippen LogP contribution in [0.1, 0.15) is 64.2 Å². The van der Waals surface area contributed by atoms with E-state index < -0.39 is 11.6 Å². The molecule has 5 aliphatic carbocycles. The Bertz CT molecular complexity index is 801. The molecule has 5 atom stereocenters. The number of ether oxygens (including phenoxy) is 1. The van der Waals surface area contributed by atoms with Crippen LogP contribution in [0.2, 0.25) is 0 Å².